The van der Waals surface area contributed by atoms with Gasteiger partial charge in [-0.15, -0.1) is 0 Å². The van der Waals surface area contributed by atoms with E-state index in [1.807, 2.05) is 6.92 Å². The predicted octanol–water partition coefficient (Wildman–Crippen LogP) is 0.138. The molecule has 0 rings (SSSR count). The molecule has 0 aliphatic rings. The highest BCUT2D eigenvalue weighted by Crippen LogP contribution is 2.15. The Balaban J connectivity index is 3.52. The molecule has 0 spiro atoms. The summed E-state index contributed by atoms with van der Waals surface area (Å²) in [5.41, 5.74) is -0.983. The van der Waals surface area contributed by atoms with Crippen LogP contribution in [0.4, 0.5) is 0 Å². The van der Waals surface area contributed by atoms with Gasteiger partial charge in [0, 0.05) is 6.61 Å². The summed E-state index contributed by atoms with van der Waals surface area (Å²) in [5.74, 6) is 0.202. The van der Waals surface area contributed by atoms with E-state index in [4.69, 9.17) is 10.2 Å². The Morgan fingerprint density at radius 3 is 2.27 bits per heavy atom. The highest BCUT2D eigenvalue weighted by Gasteiger charge is 2.19. The van der Waals surface area contributed by atoms with Crippen LogP contribution in [0, 0.1) is 5.92 Å². The normalized spacial score (nSPS) is 19.4. The Bertz CT molecular complexity index is 102. The SMILES string of the molecule is C[C@H](CO)CC[C@@](C)(O)CO. The van der Waals surface area contributed by atoms with Gasteiger partial charge < -0.3 is 15.3 Å². The van der Waals surface area contributed by atoms with E-state index in [0.717, 1.165) is 6.42 Å². The van der Waals surface area contributed by atoms with E-state index in [9.17, 15) is 5.11 Å². The molecule has 0 aromatic heterocycles. The van der Waals surface area contributed by atoms with Crippen LogP contribution in [-0.2, 0) is 0 Å². The Morgan fingerprint density at radius 1 is 1.36 bits per heavy atom. The van der Waals surface area contributed by atoms with Gasteiger partial charge in [-0.25, -0.2) is 0 Å². The summed E-state index contributed by atoms with van der Waals surface area (Å²) in [6.07, 6.45) is 1.27. The summed E-state index contributed by atoms with van der Waals surface area (Å²) in [4.78, 5) is 0. The Hall–Kier alpha value is -0.120. The fraction of sp³-hybridized carbons (Fsp3) is 1.00. The average molecular weight is 162 g/mol. The number of aliphatic hydroxyl groups is 3. The monoisotopic (exact) mass is 162 g/mol. The second kappa shape index (κ2) is 4.70. The number of hydrogen-bond acceptors (Lipinski definition) is 3. The van der Waals surface area contributed by atoms with Crippen molar-refractivity contribution in [1.82, 2.24) is 0 Å². The molecule has 0 heterocycles. The highest BCUT2D eigenvalue weighted by atomic mass is 16.3. The third-order valence-corrected chi connectivity index (χ3v) is 1.83. The number of rotatable bonds is 5. The van der Waals surface area contributed by atoms with Gasteiger partial charge in [0.25, 0.3) is 0 Å². The topological polar surface area (TPSA) is 60.7 Å². The van der Waals surface area contributed by atoms with Gasteiger partial charge in [-0.05, 0) is 25.7 Å². The van der Waals surface area contributed by atoms with E-state index in [1.165, 1.54) is 0 Å². The van der Waals surface area contributed by atoms with Crippen molar-refractivity contribution < 1.29 is 15.3 Å². The molecule has 0 amide bonds. The zero-order chi connectivity index (χ0) is 8.91. The minimum atomic E-state index is -0.983. The molecule has 3 nitrogen and oxygen atoms in total. The van der Waals surface area contributed by atoms with Gasteiger partial charge in [-0.2, -0.15) is 0 Å². The van der Waals surface area contributed by atoms with E-state index in [-0.39, 0.29) is 19.1 Å². The first kappa shape index (κ1) is 10.9. The summed E-state index contributed by atoms with van der Waals surface area (Å²) in [6.45, 7) is 3.43. The number of aliphatic hydroxyl groups excluding tert-OH is 2. The van der Waals surface area contributed by atoms with Gasteiger partial charge >= 0.3 is 0 Å². The minimum Gasteiger partial charge on any atom is -0.396 e. The molecule has 0 fully saturated rings. The summed E-state index contributed by atoms with van der Waals surface area (Å²) in [7, 11) is 0. The number of hydrogen-bond donors (Lipinski definition) is 3. The van der Waals surface area contributed by atoms with Crippen LogP contribution in [0.3, 0.4) is 0 Å². The molecule has 68 valence electrons. The maximum atomic E-state index is 9.34. The van der Waals surface area contributed by atoms with E-state index >= 15 is 0 Å². The zero-order valence-corrected chi connectivity index (χ0v) is 7.25. The Morgan fingerprint density at radius 2 is 1.91 bits per heavy atom. The second-order valence-corrected chi connectivity index (χ2v) is 3.48. The summed E-state index contributed by atoms with van der Waals surface area (Å²) >= 11 is 0. The molecule has 0 aromatic carbocycles. The quantitative estimate of drug-likeness (QED) is 0.539. The van der Waals surface area contributed by atoms with E-state index in [2.05, 4.69) is 0 Å². The van der Waals surface area contributed by atoms with Crippen molar-refractivity contribution in [3.8, 4) is 0 Å². The van der Waals surface area contributed by atoms with Crippen molar-refractivity contribution >= 4 is 0 Å². The van der Waals surface area contributed by atoms with Crippen LogP contribution >= 0.6 is 0 Å². The van der Waals surface area contributed by atoms with Gasteiger partial charge in [-0.3, -0.25) is 0 Å². The summed E-state index contributed by atoms with van der Waals surface area (Å²) < 4.78 is 0. The predicted molar refractivity (Wildman–Crippen MR) is 43.2 cm³/mol. The van der Waals surface area contributed by atoms with Crippen LogP contribution in [-0.4, -0.2) is 34.1 Å². The molecule has 11 heavy (non-hydrogen) atoms. The Kier molecular flexibility index (Phi) is 4.65. The minimum absolute atomic E-state index is 0.140. The summed E-state index contributed by atoms with van der Waals surface area (Å²) in [5, 5.41) is 26.7. The van der Waals surface area contributed by atoms with Crippen LogP contribution in [0.15, 0.2) is 0 Å². The van der Waals surface area contributed by atoms with Gasteiger partial charge in [0.1, 0.15) is 0 Å². The molecule has 0 aliphatic heterocycles. The highest BCUT2D eigenvalue weighted by molar-refractivity contribution is 4.71. The van der Waals surface area contributed by atoms with Crippen LogP contribution in [0.25, 0.3) is 0 Å². The van der Waals surface area contributed by atoms with Gasteiger partial charge in [0.05, 0.1) is 12.2 Å². The molecule has 0 aliphatic carbocycles. The molecule has 0 saturated heterocycles. The lowest BCUT2D eigenvalue weighted by atomic mass is 9.96. The first-order valence-electron chi connectivity index (χ1n) is 3.96. The molecule has 2 atom stereocenters. The standard InChI is InChI=1S/C8H18O3/c1-7(5-9)3-4-8(2,11)6-10/h7,9-11H,3-6H2,1-2H3/t7-,8+/m0/s1. The zero-order valence-electron chi connectivity index (χ0n) is 7.25. The lowest BCUT2D eigenvalue weighted by molar-refractivity contribution is -0.0107. The van der Waals surface area contributed by atoms with Crippen molar-refractivity contribution in [3.05, 3.63) is 0 Å². The molecule has 3 N–H and O–H groups in total. The third-order valence-electron chi connectivity index (χ3n) is 1.83. The first-order chi connectivity index (χ1) is 5.02. The third kappa shape index (κ3) is 5.18. The van der Waals surface area contributed by atoms with Crippen molar-refractivity contribution in [1.29, 1.82) is 0 Å². The van der Waals surface area contributed by atoms with Crippen LogP contribution < -0.4 is 0 Å². The molecular formula is C8H18O3. The van der Waals surface area contributed by atoms with Crippen LogP contribution in [0.2, 0.25) is 0 Å². The van der Waals surface area contributed by atoms with Crippen molar-refractivity contribution in [2.75, 3.05) is 13.2 Å². The smallest absolute Gasteiger partial charge is 0.0849 e. The van der Waals surface area contributed by atoms with Crippen LogP contribution in [0.1, 0.15) is 26.7 Å². The van der Waals surface area contributed by atoms with Crippen LogP contribution in [0.5, 0.6) is 0 Å². The second-order valence-electron chi connectivity index (χ2n) is 3.48. The van der Waals surface area contributed by atoms with Crippen molar-refractivity contribution in [2.24, 2.45) is 5.92 Å². The molecular weight excluding hydrogens is 144 g/mol. The van der Waals surface area contributed by atoms with Gasteiger partial charge in [-0.1, -0.05) is 6.92 Å². The maximum Gasteiger partial charge on any atom is 0.0849 e. The molecule has 0 aromatic rings. The van der Waals surface area contributed by atoms with Crippen molar-refractivity contribution in [3.63, 3.8) is 0 Å². The van der Waals surface area contributed by atoms with Gasteiger partial charge in [0.15, 0.2) is 0 Å². The molecule has 0 unspecified atom stereocenters. The van der Waals surface area contributed by atoms with Crippen molar-refractivity contribution in [2.45, 2.75) is 32.3 Å². The fourth-order valence-corrected chi connectivity index (χ4v) is 0.728. The van der Waals surface area contributed by atoms with E-state index < -0.39 is 5.60 Å². The largest absolute Gasteiger partial charge is 0.396 e. The Labute approximate surface area is 67.7 Å². The molecule has 0 radical (unpaired) electrons. The lowest BCUT2D eigenvalue weighted by Crippen LogP contribution is -2.29. The lowest BCUT2D eigenvalue weighted by Gasteiger charge is -2.21. The summed E-state index contributed by atoms with van der Waals surface area (Å²) in [6, 6.07) is 0. The molecule has 3 heteroatoms. The molecule has 0 saturated carbocycles. The molecule has 0 bridgehead atoms. The van der Waals surface area contributed by atoms with E-state index in [0.29, 0.717) is 6.42 Å². The first-order valence-corrected chi connectivity index (χ1v) is 3.96. The fourth-order valence-electron chi connectivity index (χ4n) is 0.728. The van der Waals surface area contributed by atoms with E-state index in [1.54, 1.807) is 6.92 Å². The average Bonchev–Trinajstić information content (AvgIpc) is 2.00. The maximum absolute atomic E-state index is 9.34. The van der Waals surface area contributed by atoms with Gasteiger partial charge in [0.2, 0.25) is 0 Å².